The highest BCUT2D eigenvalue weighted by Crippen LogP contribution is 2.24. The Kier molecular flexibility index (Phi) is 22.7. The van der Waals surface area contributed by atoms with Crippen molar-refractivity contribution in [3.63, 3.8) is 0 Å². The largest absolute Gasteiger partial charge is 0.385 e. The normalized spacial score (nSPS) is 11.2. The van der Waals surface area contributed by atoms with E-state index in [0.717, 1.165) is 25.9 Å². The van der Waals surface area contributed by atoms with E-state index >= 15 is 0 Å². The van der Waals surface area contributed by atoms with Crippen molar-refractivity contribution in [1.29, 1.82) is 0 Å². The second kappa shape index (κ2) is 20.9. The summed E-state index contributed by atoms with van der Waals surface area (Å²) < 4.78 is 21.8. The monoisotopic (exact) mass is 348 g/mol. The third kappa shape index (κ3) is 16.7. The zero-order valence-corrected chi connectivity index (χ0v) is 17.3. The van der Waals surface area contributed by atoms with Crippen molar-refractivity contribution < 1.29 is 18.9 Å². The quantitative estimate of drug-likeness (QED) is 0.256. The molecule has 0 radical (unpaired) electrons. The van der Waals surface area contributed by atoms with Gasteiger partial charge in [0.1, 0.15) is 0 Å². The van der Waals surface area contributed by atoms with Gasteiger partial charge < -0.3 is 18.9 Å². The SMILES string of the molecule is CCCCCCCCCC(OCC)(OCC)OCC.CCCOC. The number of unbranched alkanes of at least 4 members (excludes halogenated alkanes) is 6. The molecule has 0 unspecified atom stereocenters. The van der Waals surface area contributed by atoms with E-state index in [2.05, 4.69) is 13.8 Å². The van der Waals surface area contributed by atoms with Crippen molar-refractivity contribution in [3.05, 3.63) is 0 Å². The van der Waals surface area contributed by atoms with E-state index in [1.165, 1.54) is 38.5 Å². The minimum Gasteiger partial charge on any atom is -0.385 e. The molecule has 0 bridgehead atoms. The Bertz CT molecular complexity index is 203. The summed E-state index contributed by atoms with van der Waals surface area (Å²) in [7, 11) is 1.71. The van der Waals surface area contributed by atoms with Crippen LogP contribution in [0.4, 0.5) is 0 Å². The average Bonchev–Trinajstić information content (AvgIpc) is 2.56. The van der Waals surface area contributed by atoms with Crippen LogP contribution in [0, 0.1) is 0 Å². The van der Waals surface area contributed by atoms with Crippen LogP contribution in [0.2, 0.25) is 0 Å². The van der Waals surface area contributed by atoms with E-state index in [1.807, 2.05) is 20.8 Å². The predicted octanol–water partition coefficient (Wildman–Crippen LogP) is 5.93. The minimum atomic E-state index is -0.804. The van der Waals surface area contributed by atoms with Gasteiger partial charge in [0.25, 0.3) is 5.97 Å². The molecule has 4 nitrogen and oxygen atoms in total. The minimum absolute atomic E-state index is 0.622. The van der Waals surface area contributed by atoms with E-state index < -0.39 is 5.97 Å². The van der Waals surface area contributed by atoms with Crippen LogP contribution in [-0.4, -0.2) is 39.5 Å². The lowest BCUT2D eigenvalue weighted by atomic mass is 10.1. The third-order valence-corrected chi connectivity index (χ3v) is 3.59. The lowest BCUT2D eigenvalue weighted by Gasteiger charge is -2.32. The molecule has 0 amide bonds. The van der Waals surface area contributed by atoms with Crippen molar-refractivity contribution in [1.82, 2.24) is 0 Å². The van der Waals surface area contributed by atoms with Gasteiger partial charge >= 0.3 is 0 Å². The predicted molar refractivity (Wildman–Crippen MR) is 102 cm³/mol. The Hall–Kier alpha value is -0.160. The molecular weight excluding hydrogens is 304 g/mol. The summed E-state index contributed by atoms with van der Waals surface area (Å²) in [4.78, 5) is 0. The highest BCUT2D eigenvalue weighted by molar-refractivity contribution is 4.59. The Morgan fingerprint density at radius 2 is 1.04 bits per heavy atom. The van der Waals surface area contributed by atoms with Crippen molar-refractivity contribution in [2.75, 3.05) is 33.5 Å². The first-order valence-electron chi connectivity index (χ1n) is 10.1. The molecule has 0 spiro atoms. The summed E-state index contributed by atoms with van der Waals surface area (Å²) in [6.07, 6.45) is 11.0. The Labute approximate surface area is 151 Å². The maximum absolute atomic E-state index is 5.71. The van der Waals surface area contributed by atoms with Crippen molar-refractivity contribution in [3.8, 4) is 0 Å². The van der Waals surface area contributed by atoms with Gasteiger partial charge in [-0.15, -0.1) is 0 Å². The Balaban J connectivity index is 0. The van der Waals surface area contributed by atoms with Crippen LogP contribution in [0.25, 0.3) is 0 Å². The summed E-state index contributed by atoms with van der Waals surface area (Å²) >= 11 is 0. The number of hydrogen-bond donors (Lipinski definition) is 0. The summed E-state index contributed by atoms with van der Waals surface area (Å²) in [6.45, 7) is 13.0. The summed E-state index contributed by atoms with van der Waals surface area (Å²) in [5.74, 6) is -0.804. The Morgan fingerprint density at radius 3 is 1.38 bits per heavy atom. The highest BCUT2D eigenvalue weighted by atomic mass is 16.9. The van der Waals surface area contributed by atoms with Gasteiger partial charge in [-0.25, -0.2) is 0 Å². The molecule has 0 saturated carbocycles. The molecule has 0 saturated heterocycles. The number of ether oxygens (including phenoxy) is 4. The molecule has 0 aliphatic carbocycles. The molecule has 24 heavy (non-hydrogen) atoms. The van der Waals surface area contributed by atoms with Gasteiger partial charge in [-0.2, -0.15) is 0 Å². The van der Waals surface area contributed by atoms with E-state index in [0.29, 0.717) is 19.8 Å². The second-order valence-corrected chi connectivity index (χ2v) is 5.85. The van der Waals surface area contributed by atoms with Gasteiger partial charge in [-0.05, 0) is 33.6 Å². The molecular formula is C20H44O4. The molecule has 0 aromatic rings. The van der Waals surface area contributed by atoms with Crippen LogP contribution < -0.4 is 0 Å². The van der Waals surface area contributed by atoms with Gasteiger partial charge in [0.15, 0.2) is 0 Å². The lowest BCUT2D eigenvalue weighted by molar-refractivity contribution is -0.380. The van der Waals surface area contributed by atoms with Gasteiger partial charge in [0.2, 0.25) is 0 Å². The molecule has 0 aromatic carbocycles. The van der Waals surface area contributed by atoms with E-state index in [1.54, 1.807) is 7.11 Å². The first-order valence-corrected chi connectivity index (χ1v) is 10.1. The van der Waals surface area contributed by atoms with Crippen LogP contribution in [-0.2, 0) is 18.9 Å². The van der Waals surface area contributed by atoms with Crippen LogP contribution in [0.15, 0.2) is 0 Å². The topological polar surface area (TPSA) is 36.9 Å². The fourth-order valence-corrected chi connectivity index (χ4v) is 2.50. The molecule has 148 valence electrons. The summed E-state index contributed by atoms with van der Waals surface area (Å²) in [5, 5.41) is 0. The van der Waals surface area contributed by atoms with E-state index in [-0.39, 0.29) is 0 Å². The van der Waals surface area contributed by atoms with E-state index in [9.17, 15) is 0 Å². The maximum atomic E-state index is 5.71. The van der Waals surface area contributed by atoms with Gasteiger partial charge in [-0.1, -0.05) is 52.4 Å². The first-order chi connectivity index (χ1) is 11.7. The van der Waals surface area contributed by atoms with Crippen LogP contribution in [0.3, 0.4) is 0 Å². The van der Waals surface area contributed by atoms with Gasteiger partial charge in [0.05, 0.1) is 0 Å². The summed E-state index contributed by atoms with van der Waals surface area (Å²) in [5.41, 5.74) is 0. The first kappa shape index (κ1) is 26.1. The molecule has 0 aliphatic rings. The van der Waals surface area contributed by atoms with Crippen molar-refractivity contribution in [2.24, 2.45) is 0 Å². The zero-order valence-electron chi connectivity index (χ0n) is 17.3. The standard InChI is InChI=1S/C16H34O3.C4H10O/c1-5-9-10-11-12-13-14-15-16(17-6-2,18-7-3)19-8-4;1-3-4-5-2/h5-15H2,1-4H3;3-4H2,1-2H3. The van der Waals surface area contributed by atoms with Gasteiger partial charge in [-0.3, -0.25) is 0 Å². The lowest BCUT2D eigenvalue weighted by Crippen LogP contribution is -2.39. The molecule has 0 aliphatic heterocycles. The van der Waals surface area contributed by atoms with Gasteiger partial charge in [0, 0.05) is 40.0 Å². The third-order valence-electron chi connectivity index (χ3n) is 3.59. The summed E-state index contributed by atoms with van der Waals surface area (Å²) in [6, 6.07) is 0. The molecule has 4 heteroatoms. The number of hydrogen-bond acceptors (Lipinski definition) is 4. The zero-order chi connectivity index (χ0) is 18.5. The van der Waals surface area contributed by atoms with Crippen molar-refractivity contribution >= 4 is 0 Å². The molecule has 0 heterocycles. The molecule has 0 atom stereocenters. The molecule has 0 rings (SSSR count). The molecule has 0 aromatic heterocycles. The fraction of sp³-hybridized carbons (Fsp3) is 1.00. The van der Waals surface area contributed by atoms with Crippen LogP contribution in [0.1, 0.15) is 92.4 Å². The molecule has 0 N–H and O–H groups in total. The average molecular weight is 349 g/mol. The van der Waals surface area contributed by atoms with Crippen LogP contribution >= 0.6 is 0 Å². The fourth-order valence-electron chi connectivity index (χ4n) is 2.50. The second-order valence-electron chi connectivity index (χ2n) is 5.85. The van der Waals surface area contributed by atoms with Crippen molar-refractivity contribution in [2.45, 2.75) is 98.4 Å². The number of rotatable bonds is 16. The molecule has 0 fully saturated rings. The number of methoxy groups -OCH3 is 1. The highest BCUT2D eigenvalue weighted by Gasteiger charge is 2.31. The Morgan fingerprint density at radius 1 is 0.583 bits per heavy atom. The maximum Gasteiger partial charge on any atom is 0.282 e. The van der Waals surface area contributed by atoms with Crippen LogP contribution in [0.5, 0.6) is 0 Å². The smallest absolute Gasteiger partial charge is 0.282 e. The van der Waals surface area contributed by atoms with E-state index in [4.69, 9.17) is 18.9 Å².